The van der Waals surface area contributed by atoms with Gasteiger partial charge in [0.05, 0.1) is 12.5 Å². The Hall–Kier alpha value is -3.39. The van der Waals surface area contributed by atoms with Crippen molar-refractivity contribution in [3.05, 3.63) is 95.7 Å². The predicted molar refractivity (Wildman–Crippen MR) is 136 cm³/mol. The van der Waals surface area contributed by atoms with E-state index in [1.54, 1.807) is 6.26 Å². The Kier molecular flexibility index (Phi) is 6.00. The van der Waals surface area contributed by atoms with E-state index >= 15 is 0 Å². The number of nitrogens with one attached hydrogen (secondary N) is 1. The Morgan fingerprint density at radius 3 is 2.50 bits per heavy atom. The lowest BCUT2D eigenvalue weighted by molar-refractivity contribution is 0.395. The molecule has 0 bridgehead atoms. The van der Waals surface area contributed by atoms with Gasteiger partial charge in [0.2, 0.25) is 10.0 Å². The Morgan fingerprint density at radius 2 is 1.79 bits per heavy atom. The molecule has 0 aliphatic carbocycles. The van der Waals surface area contributed by atoms with Gasteiger partial charge >= 0.3 is 0 Å². The van der Waals surface area contributed by atoms with Crippen LogP contribution < -0.4 is 11.1 Å². The van der Waals surface area contributed by atoms with Gasteiger partial charge in [0.25, 0.3) is 0 Å². The molecule has 0 spiro atoms. The van der Waals surface area contributed by atoms with Crippen LogP contribution in [0.5, 0.6) is 0 Å². The summed E-state index contributed by atoms with van der Waals surface area (Å²) in [6, 6.07) is 24.3. The molecule has 0 unspecified atom stereocenters. The second kappa shape index (κ2) is 9.10. The third-order valence-electron chi connectivity index (χ3n) is 6.31. The van der Waals surface area contributed by atoms with Crippen LogP contribution in [0.4, 0.5) is 11.4 Å². The number of fused-ring (bicyclic) bond motifs is 1. The van der Waals surface area contributed by atoms with Crippen molar-refractivity contribution in [3.63, 3.8) is 0 Å². The molecule has 0 atom stereocenters. The lowest BCUT2D eigenvalue weighted by atomic mass is 9.96. The summed E-state index contributed by atoms with van der Waals surface area (Å²) in [5.41, 5.74) is 14.5. The van der Waals surface area contributed by atoms with E-state index in [0.29, 0.717) is 26.1 Å². The molecule has 0 fully saturated rings. The van der Waals surface area contributed by atoms with Crippen LogP contribution in [-0.4, -0.2) is 25.5 Å². The summed E-state index contributed by atoms with van der Waals surface area (Å²) in [5, 5.41) is 3.56. The van der Waals surface area contributed by atoms with Crippen LogP contribution in [0, 0.1) is 0 Å². The van der Waals surface area contributed by atoms with Crippen molar-refractivity contribution in [3.8, 4) is 22.5 Å². The van der Waals surface area contributed by atoms with E-state index in [4.69, 9.17) is 10.2 Å². The first-order valence-corrected chi connectivity index (χ1v) is 13.1. The molecule has 34 heavy (non-hydrogen) atoms. The highest BCUT2D eigenvalue weighted by Gasteiger charge is 2.24. The zero-order valence-electron chi connectivity index (χ0n) is 19.0. The molecule has 0 amide bonds. The minimum absolute atomic E-state index is 0.406. The van der Waals surface area contributed by atoms with Gasteiger partial charge in [0.15, 0.2) is 0 Å². The number of anilines is 2. The van der Waals surface area contributed by atoms with Crippen LogP contribution in [-0.2, 0) is 29.5 Å². The highest BCUT2D eigenvalue weighted by molar-refractivity contribution is 7.88. The van der Waals surface area contributed by atoms with Crippen molar-refractivity contribution < 1.29 is 12.8 Å². The monoisotopic (exact) mass is 473 g/mol. The van der Waals surface area contributed by atoms with E-state index < -0.39 is 10.0 Å². The van der Waals surface area contributed by atoms with Crippen molar-refractivity contribution >= 4 is 21.4 Å². The fraction of sp³-hybridized carbons (Fsp3) is 0.185. The van der Waals surface area contributed by atoms with E-state index in [1.807, 2.05) is 36.4 Å². The van der Waals surface area contributed by atoms with Gasteiger partial charge in [0.1, 0.15) is 5.76 Å². The molecule has 4 aromatic rings. The van der Waals surface area contributed by atoms with Crippen molar-refractivity contribution in [2.24, 2.45) is 5.73 Å². The standard InChI is InChI=1S/C27H27N3O3S/c1-34(31,32)30-14-13-24-22(18-30)4-2-5-26(24)29-23-12-11-21(17-28)25(16-23)19-7-9-20(10-8-19)27-6-3-15-33-27/h2-12,15-16,29H,13-14,17-18,28H2,1H3. The third kappa shape index (κ3) is 4.50. The molecule has 0 radical (unpaired) electrons. The van der Waals surface area contributed by atoms with Crippen LogP contribution in [0.25, 0.3) is 22.5 Å². The van der Waals surface area contributed by atoms with Crippen molar-refractivity contribution in [1.82, 2.24) is 4.31 Å². The molecule has 174 valence electrons. The Bertz CT molecular complexity index is 1410. The number of sulfonamides is 1. The predicted octanol–water partition coefficient (Wildman–Crippen LogP) is 5.13. The highest BCUT2D eigenvalue weighted by atomic mass is 32.2. The number of benzene rings is 3. The van der Waals surface area contributed by atoms with Gasteiger partial charge in [-0.3, -0.25) is 0 Å². The average Bonchev–Trinajstić information content (AvgIpc) is 3.38. The minimum atomic E-state index is -3.21. The van der Waals surface area contributed by atoms with E-state index in [1.165, 1.54) is 10.6 Å². The maximum absolute atomic E-state index is 12.0. The van der Waals surface area contributed by atoms with Gasteiger partial charge in [0, 0.05) is 36.6 Å². The second-order valence-corrected chi connectivity index (χ2v) is 10.5. The first-order chi connectivity index (χ1) is 16.4. The summed E-state index contributed by atoms with van der Waals surface area (Å²) in [7, 11) is -3.21. The summed E-state index contributed by atoms with van der Waals surface area (Å²) < 4.78 is 31.0. The molecular formula is C27H27N3O3S. The number of hydrogen-bond acceptors (Lipinski definition) is 5. The molecule has 7 heteroatoms. The maximum Gasteiger partial charge on any atom is 0.211 e. The van der Waals surface area contributed by atoms with Crippen LogP contribution in [0.15, 0.2) is 83.5 Å². The summed E-state index contributed by atoms with van der Waals surface area (Å²) in [6.07, 6.45) is 3.61. The molecule has 1 aliphatic rings. The van der Waals surface area contributed by atoms with Gasteiger partial charge in [-0.05, 0) is 64.6 Å². The topological polar surface area (TPSA) is 88.6 Å². The van der Waals surface area contributed by atoms with Crippen LogP contribution in [0.2, 0.25) is 0 Å². The lowest BCUT2D eigenvalue weighted by Crippen LogP contribution is -2.35. The average molecular weight is 474 g/mol. The van der Waals surface area contributed by atoms with Crippen LogP contribution in [0.1, 0.15) is 16.7 Å². The highest BCUT2D eigenvalue weighted by Crippen LogP contribution is 2.33. The Balaban J connectivity index is 1.44. The SMILES string of the molecule is CS(=O)(=O)N1CCc2c(cccc2Nc2ccc(CN)c(-c3ccc(-c4ccco4)cc3)c2)C1. The molecule has 3 aromatic carbocycles. The van der Waals surface area contributed by atoms with Crippen molar-refractivity contribution in [1.29, 1.82) is 0 Å². The van der Waals surface area contributed by atoms with E-state index in [9.17, 15) is 8.42 Å². The number of furan rings is 1. The molecule has 1 aliphatic heterocycles. The molecular weight excluding hydrogens is 446 g/mol. The van der Waals surface area contributed by atoms with Gasteiger partial charge in [-0.15, -0.1) is 0 Å². The number of hydrogen-bond donors (Lipinski definition) is 2. The number of nitrogens with zero attached hydrogens (tertiary/aromatic N) is 1. The van der Waals surface area contributed by atoms with E-state index in [2.05, 4.69) is 41.7 Å². The minimum Gasteiger partial charge on any atom is -0.464 e. The summed E-state index contributed by atoms with van der Waals surface area (Å²) in [6.45, 7) is 1.34. The van der Waals surface area contributed by atoms with Crippen LogP contribution >= 0.6 is 0 Å². The lowest BCUT2D eigenvalue weighted by Gasteiger charge is -2.28. The van der Waals surface area contributed by atoms with Gasteiger partial charge in [-0.2, -0.15) is 4.31 Å². The van der Waals surface area contributed by atoms with E-state index in [-0.39, 0.29) is 0 Å². The summed E-state index contributed by atoms with van der Waals surface area (Å²) in [5.74, 6) is 0.837. The zero-order chi connectivity index (χ0) is 23.7. The first kappa shape index (κ1) is 22.4. The molecule has 0 saturated carbocycles. The fourth-order valence-corrected chi connectivity index (χ4v) is 5.29. The van der Waals surface area contributed by atoms with Gasteiger partial charge < -0.3 is 15.5 Å². The second-order valence-electron chi connectivity index (χ2n) is 8.55. The number of nitrogens with two attached hydrogens (primary N) is 1. The summed E-state index contributed by atoms with van der Waals surface area (Å²) >= 11 is 0. The fourth-order valence-electron chi connectivity index (χ4n) is 4.50. The molecule has 6 nitrogen and oxygen atoms in total. The largest absolute Gasteiger partial charge is 0.464 e. The molecule has 1 aromatic heterocycles. The van der Waals surface area contributed by atoms with Crippen molar-refractivity contribution in [2.45, 2.75) is 19.5 Å². The molecule has 5 rings (SSSR count). The van der Waals surface area contributed by atoms with Gasteiger partial charge in [-0.1, -0.05) is 42.5 Å². The molecule has 2 heterocycles. The quantitative estimate of drug-likeness (QED) is 0.405. The third-order valence-corrected chi connectivity index (χ3v) is 7.56. The Morgan fingerprint density at radius 1 is 1.00 bits per heavy atom. The zero-order valence-corrected chi connectivity index (χ0v) is 19.8. The summed E-state index contributed by atoms with van der Waals surface area (Å²) in [4.78, 5) is 0. The van der Waals surface area contributed by atoms with Gasteiger partial charge in [-0.25, -0.2) is 8.42 Å². The smallest absolute Gasteiger partial charge is 0.211 e. The van der Waals surface area contributed by atoms with E-state index in [0.717, 1.165) is 50.5 Å². The maximum atomic E-state index is 12.0. The molecule has 3 N–H and O–H groups in total. The first-order valence-electron chi connectivity index (χ1n) is 11.2. The van der Waals surface area contributed by atoms with Crippen molar-refractivity contribution in [2.75, 3.05) is 18.1 Å². The Labute approximate surface area is 200 Å². The van der Waals surface area contributed by atoms with Crippen LogP contribution in [0.3, 0.4) is 0 Å². The number of rotatable bonds is 6. The molecule has 0 saturated heterocycles. The normalized spacial score (nSPS) is 14.1.